The van der Waals surface area contributed by atoms with Gasteiger partial charge in [-0.2, -0.15) is 0 Å². The van der Waals surface area contributed by atoms with Crippen LogP contribution in [0.4, 0.5) is 0 Å². The largest absolute Gasteiger partial charge is 0.353 e. The van der Waals surface area contributed by atoms with Crippen molar-refractivity contribution in [2.24, 2.45) is 11.7 Å². The Labute approximate surface area is 86.4 Å². The molecular weight excluding hydrogens is 176 g/mol. The van der Waals surface area contributed by atoms with Crippen LogP contribution in [0.1, 0.15) is 46.0 Å². The highest BCUT2D eigenvalue weighted by molar-refractivity contribution is 5.78. The Morgan fingerprint density at radius 3 is 2.50 bits per heavy atom. The molecular formula is C11H22N2O. The standard InChI is InChI=1S/C11H22N2O/c1-3-8(4-2)11(14)13-10-6-5-9(12)7-10/h8-10H,3-7,12H2,1-2H3,(H,13,14). The van der Waals surface area contributed by atoms with Crippen LogP contribution in [0.5, 0.6) is 0 Å². The van der Waals surface area contributed by atoms with Crippen molar-refractivity contribution in [3.63, 3.8) is 0 Å². The highest BCUT2D eigenvalue weighted by Crippen LogP contribution is 2.18. The van der Waals surface area contributed by atoms with Gasteiger partial charge in [0.1, 0.15) is 0 Å². The van der Waals surface area contributed by atoms with Crippen molar-refractivity contribution in [2.75, 3.05) is 0 Å². The van der Waals surface area contributed by atoms with Crippen LogP contribution in [0, 0.1) is 5.92 Å². The van der Waals surface area contributed by atoms with E-state index in [1.54, 1.807) is 0 Å². The van der Waals surface area contributed by atoms with E-state index in [1.165, 1.54) is 0 Å². The van der Waals surface area contributed by atoms with E-state index in [9.17, 15) is 4.79 Å². The number of nitrogens with one attached hydrogen (secondary N) is 1. The SMILES string of the molecule is CCC(CC)C(=O)NC1CCC(N)C1. The summed E-state index contributed by atoms with van der Waals surface area (Å²) in [7, 11) is 0. The zero-order chi connectivity index (χ0) is 10.6. The van der Waals surface area contributed by atoms with Gasteiger partial charge in [0.25, 0.3) is 0 Å². The number of rotatable bonds is 4. The zero-order valence-electron chi connectivity index (χ0n) is 9.25. The normalized spacial score (nSPS) is 26.9. The summed E-state index contributed by atoms with van der Waals surface area (Å²) in [6, 6.07) is 0.625. The molecule has 0 aromatic carbocycles. The van der Waals surface area contributed by atoms with Crippen LogP contribution >= 0.6 is 0 Å². The summed E-state index contributed by atoms with van der Waals surface area (Å²) in [5, 5.41) is 3.09. The maximum absolute atomic E-state index is 11.7. The van der Waals surface area contributed by atoms with E-state index in [0.29, 0.717) is 12.1 Å². The third-order valence-corrected chi connectivity index (χ3v) is 3.18. The average Bonchev–Trinajstić information content (AvgIpc) is 2.53. The average molecular weight is 198 g/mol. The highest BCUT2D eigenvalue weighted by atomic mass is 16.1. The van der Waals surface area contributed by atoms with Crippen molar-refractivity contribution in [3.05, 3.63) is 0 Å². The van der Waals surface area contributed by atoms with Crippen LogP contribution in [0.15, 0.2) is 0 Å². The van der Waals surface area contributed by atoms with Crippen molar-refractivity contribution >= 4 is 5.91 Å². The van der Waals surface area contributed by atoms with Gasteiger partial charge < -0.3 is 11.1 Å². The third-order valence-electron chi connectivity index (χ3n) is 3.18. The quantitative estimate of drug-likeness (QED) is 0.717. The molecule has 3 N–H and O–H groups in total. The number of amides is 1. The first-order valence-corrected chi connectivity index (χ1v) is 5.73. The molecule has 0 bridgehead atoms. The molecule has 82 valence electrons. The molecule has 0 spiro atoms. The summed E-state index contributed by atoms with van der Waals surface area (Å²) < 4.78 is 0. The second-order valence-electron chi connectivity index (χ2n) is 4.29. The Balaban J connectivity index is 2.32. The molecule has 0 aromatic heterocycles. The first-order valence-electron chi connectivity index (χ1n) is 5.73. The van der Waals surface area contributed by atoms with Crippen molar-refractivity contribution in [1.29, 1.82) is 0 Å². The molecule has 1 fully saturated rings. The van der Waals surface area contributed by atoms with Gasteiger partial charge in [-0.25, -0.2) is 0 Å². The van der Waals surface area contributed by atoms with Crippen molar-refractivity contribution < 1.29 is 4.79 Å². The van der Waals surface area contributed by atoms with Crippen molar-refractivity contribution in [3.8, 4) is 0 Å². The lowest BCUT2D eigenvalue weighted by molar-refractivity contribution is -0.125. The number of nitrogens with two attached hydrogens (primary N) is 1. The van der Waals surface area contributed by atoms with Gasteiger partial charge in [-0.15, -0.1) is 0 Å². The zero-order valence-corrected chi connectivity index (χ0v) is 9.25. The molecule has 1 rings (SSSR count). The fourth-order valence-electron chi connectivity index (χ4n) is 2.13. The van der Waals surface area contributed by atoms with Gasteiger partial charge in [0.2, 0.25) is 5.91 Å². The van der Waals surface area contributed by atoms with Crippen LogP contribution in [-0.2, 0) is 4.79 Å². The Hall–Kier alpha value is -0.570. The minimum Gasteiger partial charge on any atom is -0.353 e. The molecule has 0 radical (unpaired) electrons. The van der Waals surface area contributed by atoms with Crippen LogP contribution < -0.4 is 11.1 Å². The number of hydrogen-bond donors (Lipinski definition) is 2. The number of carbonyl (C=O) groups excluding carboxylic acids is 1. The summed E-state index contributed by atoms with van der Waals surface area (Å²) in [6.07, 6.45) is 4.91. The lowest BCUT2D eigenvalue weighted by Crippen LogP contribution is -2.37. The minimum atomic E-state index is 0.187. The molecule has 14 heavy (non-hydrogen) atoms. The third kappa shape index (κ3) is 2.98. The molecule has 0 saturated heterocycles. The van der Waals surface area contributed by atoms with Crippen LogP contribution in [0.25, 0.3) is 0 Å². The van der Waals surface area contributed by atoms with E-state index < -0.39 is 0 Å². The smallest absolute Gasteiger partial charge is 0.223 e. The lowest BCUT2D eigenvalue weighted by Gasteiger charge is -2.17. The molecule has 1 aliphatic carbocycles. The maximum atomic E-state index is 11.7. The predicted molar refractivity (Wildman–Crippen MR) is 57.8 cm³/mol. The van der Waals surface area contributed by atoms with Gasteiger partial charge in [0, 0.05) is 18.0 Å². The van der Waals surface area contributed by atoms with Gasteiger partial charge in [0.05, 0.1) is 0 Å². The molecule has 1 saturated carbocycles. The number of hydrogen-bond acceptors (Lipinski definition) is 2. The lowest BCUT2D eigenvalue weighted by atomic mass is 10.0. The first-order chi connectivity index (χ1) is 6.67. The molecule has 3 heteroatoms. The molecule has 1 amide bonds. The fourth-order valence-corrected chi connectivity index (χ4v) is 2.13. The molecule has 2 atom stereocenters. The van der Waals surface area contributed by atoms with E-state index in [-0.39, 0.29) is 11.8 Å². The summed E-state index contributed by atoms with van der Waals surface area (Å²) >= 11 is 0. The second-order valence-corrected chi connectivity index (χ2v) is 4.29. The summed E-state index contributed by atoms with van der Waals surface area (Å²) in [5.74, 6) is 0.404. The van der Waals surface area contributed by atoms with Gasteiger partial charge in [-0.3, -0.25) is 4.79 Å². The van der Waals surface area contributed by atoms with E-state index >= 15 is 0 Å². The maximum Gasteiger partial charge on any atom is 0.223 e. The van der Waals surface area contributed by atoms with E-state index in [1.807, 2.05) is 0 Å². The first kappa shape index (κ1) is 11.5. The molecule has 3 nitrogen and oxygen atoms in total. The predicted octanol–water partition coefficient (Wildman–Crippen LogP) is 1.42. The Morgan fingerprint density at radius 1 is 1.43 bits per heavy atom. The monoisotopic (exact) mass is 198 g/mol. The van der Waals surface area contributed by atoms with Crippen LogP contribution in [0.3, 0.4) is 0 Å². The molecule has 0 aliphatic heterocycles. The topological polar surface area (TPSA) is 55.1 Å². The summed E-state index contributed by atoms with van der Waals surface area (Å²) in [6.45, 7) is 4.13. The Bertz CT molecular complexity index is 190. The van der Waals surface area contributed by atoms with Gasteiger partial charge in [-0.05, 0) is 32.1 Å². The van der Waals surface area contributed by atoms with E-state index in [2.05, 4.69) is 19.2 Å². The number of carbonyl (C=O) groups is 1. The van der Waals surface area contributed by atoms with Crippen LogP contribution in [-0.4, -0.2) is 18.0 Å². The van der Waals surface area contributed by atoms with E-state index in [0.717, 1.165) is 32.1 Å². The summed E-state index contributed by atoms with van der Waals surface area (Å²) in [4.78, 5) is 11.7. The second kappa shape index (κ2) is 5.35. The van der Waals surface area contributed by atoms with Gasteiger partial charge in [-0.1, -0.05) is 13.8 Å². The Kier molecular flexibility index (Phi) is 4.39. The minimum absolute atomic E-state index is 0.187. The Morgan fingerprint density at radius 2 is 2.07 bits per heavy atom. The van der Waals surface area contributed by atoms with Crippen LogP contribution in [0.2, 0.25) is 0 Å². The van der Waals surface area contributed by atoms with Crippen molar-refractivity contribution in [2.45, 2.75) is 58.0 Å². The van der Waals surface area contributed by atoms with Gasteiger partial charge >= 0.3 is 0 Å². The van der Waals surface area contributed by atoms with Crippen molar-refractivity contribution in [1.82, 2.24) is 5.32 Å². The summed E-state index contributed by atoms with van der Waals surface area (Å²) in [5.41, 5.74) is 5.79. The highest BCUT2D eigenvalue weighted by Gasteiger charge is 2.24. The molecule has 0 aromatic rings. The molecule has 1 aliphatic rings. The van der Waals surface area contributed by atoms with E-state index in [4.69, 9.17) is 5.73 Å². The molecule has 2 unspecified atom stereocenters. The fraction of sp³-hybridized carbons (Fsp3) is 0.909. The molecule has 0 heterocycles. The van der Waals surface area contributed by atoms with Gasteiger partial charge in [0.15, 0.2) is 0 Å².